The minimum absolute atomic E-state index is 0.142. The van der Waals surface area contributed by atoms with Gasteiger partial charge < -0.3 is 5.32 Å². The van der Waals surface area contributed by atoms with E-state index in [0.29, 0.717) is 11.3 Å². The average Bonchev–Trinajstić information content (AvgIpc) is 2.53. The van der Waals surface area contributed by atoms with Crippen LogP contribution in [0.25, 0.3) is 0 Å². The summed E-state index contributed by atoms with van der Waals surface area (Å²) in [4.78, 5) is 3.93. The van der Waals surface area contributed by atoms with Crippen LogP contribution in [-0.4, -0.2) is 20.4 Å². The van der Waals surface area contributed by atoms with Gasteiger partial charge in [-0.1, -0.05) is 12.1 Å². The summed E-state index contributed by atoms with van der Waals surface area (Å²) in [6.07, 6.45) is -4.37. The van der Waals surface area contributed by atoms with E-state index in [4.69, 9.17) is 0 Å². The predicted molar refractivity (Wildman–Crippen MR) is 87.0 cm³/mol. The normalized spacial score (nSPS) is 12.2. The average molecular weight is 424 g/mol. The second-order valence-electron chi connectivity index (χ2n) is 4.74. The molecule has 0 bridgehead atoms. The molecule has 2 rings (SSSR count). The molecule has 24 heavy (non-hydrogen) atoms. The van der Waals surface area contributed by atoms with Crippen molar-refractivity contribution in [2.45, 2.75) is 17.7 Å². The summed E-state index contributed by atoms with van der Waals surface area (Å²) in [5.74, 6) is 0. The van der Waals surface area contributed by atoms with Gasteiger partial charge in [-0.15, -0.1) is 0 Å². The molecule has 0 aliphatic heterocycles. The molecule has 130 valence electrons. The first-order chi connectivity index (χ1) is 11.1. The van der Waals surface area contributed by atoms with Crippen molar-refractivity contribution in [3.8, 4) is 0 Å². The number of hydrogen-bond acceptors (Lipinski definition) is 4. The lowest BCUT2D eigenvalue weighted by Crippen LogP contribution is -2.20. The molecular weight excluding hydrogens is 411 g/mol. The number of pyridine rings is 1. The highest BCUT2D eigenvalue weighted by molar-refractivity contribution is 9.10. The zero-order chi connectivity index (χ0) is 18.0. The quantitative estimate of drug-likeness (QED) is 0.723. The van der Waals surface area contributed by atoms with Crippen LogP contribution < -0.4 is 10.0 Å². The zero-order valence-corrected chi connectivity index (χ0v) is 14.8. The van der Waals surface area contributed by atoms with E-state index >= 15 is 0 Å². The molecular formula is C14H13BrF3N3O2S. The van der Waals surface area contributed by atoms with E-state index in [9.17, 15) is 21.6 Å². The Kier molecular flexibility index (Phi) is 5.51. The summed E-state index contributed by atoms with van der Waals surface area (Å²) in [5.41, 5.74) is 0.447. The van der Waals surface area contributed by atoms with Gasteiger partial charge in [0.15, 0.2) is 5.03 Å². The molecule has 0 aliphatic rings. The van der Waals surface area contributed by atoms with E-state index in [0.717, 1.165) is 12.1 Å². The maximum Gasteiger partial charge on any atom is 0.416 e. The lowest BCUT2D eigenvalue weighted by atomic mass is 10.1. The minimum Gasteiger partial charge on any atom is -0.379 e. The van der Waals surface area contributed by atoms with Crippen LogP contribution in [-0.2, 0) is 22.7 Å². The maximum atomic E-state index is 12.5. The molecule has 0 radical (unpaired) electrons. The molecule has 0 amide bonds. The number of nitrogens with one attached hydrogen (secondary N) is 2. The molecule has 1 aromatic heterocycles. The van der Waals surface area contributed by atoms with Crippen molar-refractivity contribution in [1.82, 2.24) is 9.71 Å². The van der Waals surface area contributed by atoms with Crippen LogP contribution in [0.2, 0.25) is 0 Å². The molecule has 10 heteroatoms. The van der Waals surface area contributed by atoms with E-state index in [1.165, 1.54) is 31.3 Å². The lowest BCUT2D eigenvalue weighted by molar-refractivity contribution is -0.137. The van der Waals surface area contributed by atoms with Crippen LogP contribution in [0.4, 0.5) is 18.9 Å². The first kappa shape index (κ1) is 18.7. The Morgan fingerprint density at radius 3 is 2.25 bits per heavy atom. The number of alkyl halides is 3. The predicted octanol–water partition coefficient (Wildman–Crippen LogP) is 3.38. The Bertz CT molecular complexity index is 824. The van der Waals surface area contributed by atoms with Gasteiger partial charge in [0.25, 0.3) is 10.0 Å². The van der Waals surface area contributed by atoms with Gasteiger partial charge in [0, 0.05) is 6.54 Å². The largest absolute Gasteiger partial charge is 0.416 e. The molecule has 2 aromatic rings. The van der Waals surface area contributed by atoms with Gasteiger partial charge in [-0.05, 0) is 52.8 Å². The summed E-state index contributed by atoms with van der Waals surface area (Å²) in [6.45, 7) is 0.260. The van der Waals surface area contributed by atoms with Crippen molar-refractivity contribution in [3.05, 3.63) is 52.1 Å². The summed E-state index contributed by atoms with van der Waals surface area (Å²) in [6, 6.07) is 7.60. The van der Waals surface area contributed by atoms with Crippen molar-refractivity contribution in [2.24, 2.45) is 0 Å². The number of nitrogens with zero attached hydrogens (tertiary/aromatic N) is 1. The Morgan fingerprint density at radius 2 is 1.75 bits per heavy atom. The Balaban J connectivity index is 2.10. The van der Waals surface area contributed by atoms with Gasteiger partial charge >= 0.3 is 6.18 Å². The van der Waals surface area contributed by atoms with Crippen LogP contribution in [0.3, 0.4) is 0 Å². The number of benzene rings is 1. The summed E-state index contributed by atoms with van der Waals surface area (Å²) < 4.78 is 63.2. The van der Waals surface area contributed by atoms with Gasteiger partial charge in [0.05, 0.1) is 11.3 Å². The first-order valence-corrected chi connectivity index (χ1v) is 8.91. The molecule has 1 heterocycles. The summed E-state index contributed by atoms with van der Waals surface area (Å²) in [7, 11) is -2.37. The Hall–Kier alpha value is -1.65. The van der Waals surface area contributed by atoms with Crippen molar-refractivity contribution < 1.29 is 21.6 Å². The molecule has 1 aromatic carbocycles. The van der Waals surface area contributed by atoms with Crippen molar-refractivity contribution in [2.75, 3.05) is 12.4 Å². The highest BCUT2D eigenvalue weighted by Gasteiger charge is 2.29. The molecule has 0 fully saturated rings. The number of aromatic nitrogens is 1. The van der Waals surface area contributed by atoms with Crippen LogP contribution in [0.5, 0.6) is 0 Å². The molecule has 5 nitrogen and oxygen atoms in total. The molecule has 0 unspecified atom stereocenters. The van der Waals surface area contributed by atoms with Gasteiger partial charge in [-0.3, -0.25) is 0 Å². The monoisotopic (exact) mass is 423 g/mol. The van der Waals surface area contributed by atoms with Crippen LogP contribution in [0.15, 0.2) is 46.0 Å². The topological polar surface area (TPSA) is 71.1 Å². The highest BCUT2D eigenvalue weighted by Crippen LogP contribution is 2.29. The lowest BCUT2D eigenvalue weighted by Gasteiger charge is -2.11. The van der Waals surface area contributed by atoms with Crippen molar-refractivity contribution >= 4 is 31.6 Å². The number of halogens is 4. The number of hydrogen-bond donors (Lipinski definition) is 2. The zero-order valence-electron chi connectivity index (χ0n) is 12.4. The fourth-order valence-corrected chi connectivity index (χ4v) is 3.06. The number of sulfonamides is 1. The molecule has 0 atom stereocenters. The molecule has 2 N–H and O–H groups in total. The third-order valence-electron chi connectivity index (χ3n) is 3.13. The Labute approximate surface area is 145 Å². The number of anilines is 1. The van der Waals surface area contributed by atoms with Crippen LogP contribution in [0, 0.1) is 0 Å². The van der Waals surface area contributed by atoms with E-state index in [-0.39, 0.29) is 16.2 Å². The smallest absolute Gasteiger partial charge is 0.379 e. The standard InChI is InChI=1S/C14H13BrF3N3O2S/c1-19-24(22,23)12-7-6-11(13(15)21-12)20-8-9-2-4-10(5-3-9)14(16,17)18/h2-7,19-20H,8H2,1H3. The van der Waals surface area contributed by atoms with Gasteiger partial charge in [-0.25, -0.2) is 18.1 Å². The maximum absolute atomic E-state index is 12.5. The van der Waals surface area contributed by atoms with E-state index in [2.05, 4.69) is 31.0 Å². The van der Waals surface area contributed by atoms with Crippen molar-refractivity contribution in [3.63, 3.8) is 0 Å². The van der Waals surface area contributed by atoms with Gasteiger partial charge in [0.1, 0.15) is 4.60 Å². The molecule has 0 aliphatic carbocycles. The first-order valence-electron chi connectivity index (χ1n) is 6.63. The highest BCUT2D eigenvalue weighted by atomic mass is 79.9. The Morgan fingerprint density at radius 1 is 1.12 bits per heavy atom. The third kappa shape index (κ3) is 4.46. The SMILES string of the molecule is CNS(=O)(=O)c1ccc(NCc2ccc(C(F)(F)F)cc2)c(Br)n1. The third-order valence-corrected chi connectivity index (χ3v) is 5.05. The second-order valence-corrected chi connectivity index (χ2v) is 7.33. The molecule has 0 spiro atoms. The van der Waals surface area contributed by atoms with E-state index < -0.39 is 21.8 Å². The second kappa shape index (κ2) is 7.08. The van der Waals surface area contributed by atoms with Gasteiger partial charge in [0.2, 0.25) is 0 Å². The van der Waals surface area contributed by atoms with Gasteiger partial charge in [-0.2, -0.15) is 13.2 Å². The van der Waals surface area contributed by atoms with Crippen LogP contribution >= 0.6 is 15.9 Å². The summed E-state index contributed by atoms with van der Waals surface area (Å²) >= 11 is 3.17. The fraction of sp³-hybridized carbons (Fsp3) is 0.214. The van der Waals surface area contributed by atoms with E-state index in [1.54, 1.807) is 0 Å². The molecule has 0 saturated heterocycles. The molecule has 0 saturated carbocycles. The van der Waals surface area contributed by atoms with Crippen molar-refractivity contribution in [1.29, 1.82) is 0 Å². The van der Waals surface area contributed by atoms with E-state index in [1.807, 2.05) is 0 Å². The summed E-state index contributed by atoms with van der Waals surface area (Å²) in [5, 5.41) is 2.84. The number of rotatable bonds is 5. The van der Waals surface area contributed by atoms with Crippen LogP contribution in [0.1, 0.15) is 11.1 Å². The minimum atomic E-state index is -4.37. The fourth-order valence-electron chi connectivity index (χ4n) is 1.81.